The number of hydrogen-bond donors (Lipinski definition) is 1. The monoisotopic (exact) mass is 489 g/mol. The van der Waals surface area contributed by atoms with Crippen LogP contribution < -0.4 is 0 Å². The fraction of sp³-hybridized carbons (Fsp3) is 0.667. The molecule has 6 atom stereocenters. The number of ketones is 1. The van der Waals surface area contributed by atoms with E-state index in [9.17, 15) is 14.7 Å². The third-order valence-corrected chi connectivity index (χ3v) is 8.15. The number of Topliss-reactive ketones (excluding diaryl/α,β-unsaturated/α-hetero) is 1. The molecule has 0 bridgehead atoms. The van der Waals surface area contributed by atoms with Crippen molar-refractivity contribution in [1.82, 2.24) is 4.98 Å². The number of aryl methyl sites for hydroxylation is 1. The SMILES string of the molecule is CC(=Cc1csc(C)n1)C1CC2OC2(C)CCCC(C)C(O)C(C)C(=O)C(C)(C)/C=C\C(=O)O1. The molecule has 2 aliphatic rings. The average Bonchev–Trinajstić information content (AvgIpc) is 3.21. The van der Waals surface area contributed by atoms with Gasteiger partial charge in [0.1, 0.15) is 11.9 Å². The summed E-state index contributed by atoms with van der Waals surface area (Å²) >= 11 is 1.58. The molecule has 188 valence electrons. The molecule has 3 rings (SSSR count). The van der Waals surface area contributed by atoms with E-state index in [0.29, 0.717) is 6.42 Å². The van der Waals surface area contributed by atoms with Crippen molar-refractivity contribution < 1.29 is 24.2 Å². The highest BCUT2D eigenvalue weighted by Gasteiger charge is 2.52. The number of cyclic esters (lactones) is 1. The van der Waals surface area contributed by atoms with E-state index in [-0.39, 0.29) is 23.4 Å². The van der Waals surface area contributed by atoms with E-state index in [1.165, 1.54) is 6.08 Å². The van der Waals surface area contributed by atoms with Gasteiger partial charge >= 0.3 is 5.97 Å². The van der Waals surface area contributed by atoms with Gasteiger partial charge in [0.25, 0.3) is 0 Å². The summed E-state index contributed by atoms with van der Waals surface area (Å²) in [6.45, 7) is 13.3. The van der Waals surface area contributed by atoms with Crippen LogP contribution in [0, 0.1) is 24.2 Å². The standard InChI is InChI=1S/C27H39NO5S/c1-16-9-8-11-27(7)22(33-27)14-21(17(2)13-20-15-34-19(4)28-20)32-23(29)10-12-26(5,6)25(31)18(3)24(16)30/h10,12-13,15-16,18,21-22,24,30H,8-9,11,14H2,1-7H3/b12-10-,17-13?. The van der Waals surface area contributed by atoms with Gasteiger partial charge in [0.15, 0.2) is 0 Å². The van der Waals surface area contributed by atoms with E-state index < -0.39 is 29.5 Å². The van der Waals surface area contributed by atoms with E-state index in [1.807, 2.05) is 32.2 Å². The van der Waals surface area contributed by atoms with E-state index in [2.05, 4.69) is 11.9 Å². The molecular formula is C27H39NO5S. The Kier molecular flexibility index (Phi) is 8.21. The van der Waals surface area contributed by atoms with Gasteiger partial charge in [0, 0.05) is 29.2 Å². The van der Waals surface area contributed by atoms with Gasteiger partial charge in [-0.2, -0.15) is 0 Å². The van der Waals surface area contributed by atoms with Gasteiger partial charge in [-0.1, -0.05) is 26.3 Å². The number of aliphatic hydroxyl groups excluding tert-OH is 1. The smallest absolute Gasteiger partial charge is 0.331 e. The van der Waals surface area contributed by atoms with Crippen LogP contribution in [0.5, 0.6) is 0 Å². The maximum Gasteiger partial charge on any atom is 0.331 e. The second kappa shape index (κ2) is 10.4. The van der Waals surface area contributed by atoms with Crippen molar-refractivity contribution in [3.63, 3.8) is 0 Å². The molecule has 3 heterocycles. The number of allylic oxidation sites excluding steroid dienone is 1. The van der Waals surface area contributed by atoms with Gasteiger partial charge in [0.2, 0.25) is 0 Å². The van der Waals surface area contributed by atoms with Crippen LogP contribution in [-0.2, 0) is 19.1 Å². The molecule has 0 saturated carbocycles. The topological polar surface area (TPSA) is 89.0 Å². The normalized spacial score (nSPS) is 36.5. The summed E-state index contributed by atoms with van der Waals surface area (Å²) in [5.41, 5.74) is 0.606. The van der Waals surface area contributed by atoms with Crippen molar-refractivity contribution in [2.75, 3.05) is 0 Å². The molecule has 7 heteroatoms. The Bertz CT molecular complexity index is 964. The maximum absolute atomic E-state index is 13.1. The van der Waals surface area contributed by atoms with Gasteiger partial charge in [-0.3, -0.25) is 4.79 Å². The molecule has 1 saturated heterocycles. The lowest BCUT2D eigenvalue weighted by atomic mass is 9.76. The zero-order valence-corrected chi connectivity index (χ0v) is 22.3. The molecule has 6 unspecified atom stereocenters. The highest BCUT2D eigenvalue weighted by Crippen LogP contribution is 2.45. The molecule has 6 nitrogen and oxygen atoms in total. The Morgan fingerprint density at radius 3 is 2.62 bits per heavy atom. The number of epoxide rings is 1. The van der Waals surface area contributed by atoms with E-state index in [4.69, 9.17) is 9.47 Å². The van der Waals surface area contributed by atoms with Gasteiger partial charge in [-0.25, -0.2) is 9.78 Å². The van der Waals surface area contributed by atoms with Crippen molar-refractivity contribution >= 4 is 29.2 Å². The van der Waals surface area contributed by atoms with Crippen LogP contribution in [0.3, 0.4) is 0 Å². The summed E-state index contributed by atoms with van der Waals surface area (Å²) in [5, 5.41) is 13.8. The molecule has 0 aliphatic carbocycles. The fourth-order valence-electron chi connectivity index (χ4n) is 4.82. The highest BCUT2D eigenvalue weighted by atomic mass is 32.1. The van der Waals surface area contributed by atoms with Crippen molar-refractivity contribution in [2.24, 2.45) is 17.3 Å². The first-order valence-corrected chi connectivity index (χ1v) is 13.1. The van der Waals surface area contributed by atoms with Crippen LogP contribution in [0.15, 0.2) is 23.1 Å². The summed E-state index contributed by atoms with van der Waals surface area (Å²) in [7, 11) is 0. The Morgan fingerprint density at radius 2 is 1.97 bits per heavy atom. The zero-order valence-electron chi connectivity index (χ0n) is 21.5. The highest BCUT2D eigenvalue weighted by molar-refractivity contribution is 7.09. The van der Waals surface area contributed by atoms with Gasteiger partial charge in [0.05, 0.1) is 28.5 Å². The number of carbonyl (C=O) groups is 2. The largest absolute Gasteiger partial charge is 0.455 e. The summed E-state index contributed by atoms with van der Waals surface area (Å²) in [5.74, 6) is -1.12. The van der Waals surface area contributed by atoms with E-state index in [1.54, 1.807) is 38.2 Å². The number of aromatic nitrogens is 1. The molecule has 2 aliphatic heterocycles. The molecule has 0 spiro atoms. The minimum absolute atomic E-state index is 0.000113. The first kappa shape index (κ1) is 26.8. The number of hydrogen-bond acceptors (Lipinski definition) is 7. The number of carbonyl (C=O) groups excluding carboxylic acids is 2. The van der Waals surface area contributed by atoms with Crippen LogP contribution in [0.25, 0.3) is 6.08 Å². The lowest BCUT2D eigenvalue weighted by molar-refractivity contribution is -0.141. The first-order chi connectivity index (χ1) is 15.8. The number of fused-ring (bicyclic) bond motifs is 1. The molecule has 34 heavy (non-hydrogen) atoms. The predicted molar refractivity (Wildman–Crippen MR) is 134 cm³/mol. The molecule has 1 aromatic rings. The second-order valence-corrected chi connectivity index (χ2v) is 11.9. The van der Waals surface area contributed by atoms with Gasteiger partial charge in [-0.05, 0) is 65.0 Å². The summed E-state index contributed by atoms with van der Waals surface area (Å²) < 4.78 is 11.9. The number of thiazole rings is 1. The summed E-state index contributed by atoms with van der Waals surface area (Å²) in [4.78, 5) is 30.4. The van der Waals surface area contributed by atoms with Gasteiger partial charge < -0.3 is 14.6 Å². The van der Waals surface area contributed by atoms with Crippen LogP contribution in [-0.4, -0.2) is 45.8 Å². The molecule has 0 aromatic carbocycles. The number of nitrogens with zero attached hydrogens (tertiary/aromatic N) is 1. The lowest BCUT2D eigenvalue weighted by Crippen LogP contribution is -2.38. The first-order valence-electron chi connectivity index (χ1n) is 12.2. The third-order valence-electron chi connectivity index (χ3n) is 7.35. The quantitative estimate of drug-likeness (QED) is 0.449. The minimum Gasteiger partial charge on any atom is -0.455 e. The molecular weight excluding hydrogens is 450 g/mol. The summed E-state index contributed by atoms with van der Waals surface area (Å²) in [6.07, 6.45) is 6.86. The predicted octanol–water partition coefficient (Wildman–Crippen LogP) is 5.28. The Morgan fingerprint density at radius 1 is 1.26 bits per heavy atom. The number of ether oxygens (including phenoxy) is 2. The third kappa shape index (κ3) is 6.43. The van der Waals surface area contributed by atoms with E-state index >= 15 is 0 Å². The lowest BCUT2D eigenvalue weighted by Gasteiger charge is -2.30. The Hall–Kier alpha value is -1.83. The maximum atomic E-state index is 13.1. The molecule has 0 radical (unpaired) electrons. The van der Waals surface area contributed by atoms with Crippen molar-refractivity contribution in [2.45, 2.75) is 98.1 Å². The zero-order chi connectivity index (χ0) is 25.3. The Labute approximate surface area is 207 Å². The molecule has 0 amide bonds. The van der Waals surface area contributed by atoms with Gasteiger partial charge in [-0.15, -0.1) is 11.3 Å². The van der Waals surface area contributed by atoms with Crippen molar-refractivity contribution in [1.29, 1.82) is 0 Å². The minimum atomic E-state index is -0.896. The van der Waals surface area contributed by atoms with Crippen LogP contribution in [0.4, 0.5) is 0 Å². The molecule has 1 fully saturated rings. The van der Waals surface area contributed by atoms with Crippen LogP contribution in [0.2, 0.25) is 0 Å². The molecule has 1 aromatic heterocycles. The number of rotatable bonds is 2. The molecule has 1 N–H and O–H groups in total. The van der Waals surface area contributed by atoms with Crippen LogP contribution >= 0.6 is 11.3 Å². The second-order valence-electron chi connectivity index (χ2n) is 10.8. The average molecular weight is 490 g/mol. The summed E-state index contributed by atoms with van der Waals surface area (Å²) in [6, 6.07) is 0. The van der Waals surface area contributed by atoms with E-state index in [0.717, 1.165) is 35.5 Å². The van der Waals surface area contributed by atoms with Crippen LogP contribution in [0.1, 0.15) is 77.9 Å². The number of aliphatic hydroxyl groups is 1. The van der Waals surface area contributed by atoms with Crippen molar-refractivity contribution in [3.8, 4) is 0 Å². The fourth-order valence-corrected chi connectivity index (χ4v) is 5.39. The van der Waals surface area contributed by atoms with Crippen molar-refractivity contribution in [3.05, 3.63) is 33.8 Å². The number of esters is 1. The Balaban J connectivity index is 1.86.